The average Bonchev–Trinajstić information content (AvgIpc) is 3.18. The summed E-state index contributed by atoms with van der Waals surface area (Å²) >= 11 is 1.46. The van der Waals surface area contributed by atoms with Gasteiger partial charge in [0.25, 0.3) is 0 Å². The average molecular weight is 343 g/mol. The Bertz CT molecular complexity index is 921. The highest BCUT2D eigenvalue weighted by molar-refractivity contribution is 7.07. The van der Waals surface area contributed by atoms with Gasteiger partial charge >= 0.3 is 0 Å². The minimum atomic E-state index is -0.209. The lowest BCUT2D eigenvalue weighted by atomic mass is 10.2. The Hall–Kier alpha value is -2.80. The summed E-state index contributed by atoms with van der Waals surface area (Å²) in [7, 11) is 0. The molecule has 0 radical (unpaired) electrons. The van der Waals surface area contributed by atoms with Crippen LogP contribution in [0.1, 0.15) is 19.4 Å². The zero-order chi connectivity index (χ0) is 17.1. The van der Waals surface area contributed by atoms with E-state index in [1.54, 1.807) is 29.1 Å². The standard InChI is InChI=1S/C17H17N3O3S/c1-11(2)19-17-20(13(10-24-17)15-7-4-8-23-15)18-9-12-5-3-6-14(21)16(12)22/h3-11,21-22H,1-2H3. The molecule has 1 aromatic carbocycles. The van der Waals surface area contributed by atoms with Gasteiger partial charge in [-0.05, 0) is 38.1 Å². The molecule has 6 nitrogen and oxygen atoms in total. The minimum Gasteiger partial charge on any atom is -0.504 e. The molecule has 0 spiro atoms. The Morgan fingerprint density at radius 1 is 1.21 bits per heavy atom. The highest BCUT2D eigenvalue weighted by Gasteiger charge is 2.10. The third-order valence-corrected chi connectivity index (χ3v) is 4.02. The maximum atomic E-state index is 9.90. The number of hydrogen-bond acceptors (Lipinski definition) is 6. The maximum absolute atomic E-state index is 9.90. The number of benzene rings is 1. The zero-order valence-corrected chi connectivity index (χ0v) is 14.1. The van der Waals surface area contributed by atoms with Crippen molar-refractivity contribution in [3.63, 3.8) is 0 Å². The molecule has 0 aliphatic rings. The van der Waals surface area contributed by atoms with E-state index in [1.165, 1.54) is 23.6 Å². The van der Waals surface area contributed by atoms with Crippen molar-refractivity contribution >= 4 is 17.6 Å². The van der Waals surface area contributed by atoms with Crippen molar-refractivity contribution in [1.82, 2.24) is 4.68 Å². The number of aromatic nitrogens is 1. The monoisotopic (exact) mass is 343 g/mol. The summed E-state index contributed by atoms with van der Waals surface area (Å²) in [5.41, 5.74) is 1.18. The van der Waals surface area contributed by atoms with Crippen molar-refractivity contribution in [2.75, 3.05) is 0 Å². The fourth-order valence-corrected chi connectivity index (χ4v) is 3.04. The Morgan fingerprint density at radius 3 is 2.75 bits per heavy atom. The van der Waals surface area contributed by atoms with Crippen molar-refractivity contribution in [2.45, 2.75) is 19.9 Å². The highest BCUT2D eigenvalue weighted by atomic mass is 32.1. The van der Waals surface area contributed by atoms with Gasteiger partial charge in [0.05, 0.1) is 12.5 Å². The molecule has 0 amide bonds. The number of hydrogen-bond donors (Lipinski definition) is 2. The molecular formula is C17H17N3O3S. The molecule has 0 fully saturated rings. The molecule has 0 saturated heterocycles. The van der Waals surface area contributed by atoms with Crippen LogP contribution in [0.15, 0.2) is 56.5 Å². The van der Waals surface area contributed by atoms with Crippen LogP contribution >= 0.6 is 11.3 Å². The fourth-order valence-electron chi connectivity index (χ4n) is 2.09. The van der Waals surface area contributed by atoms with Crippen molar-refractivity contribution in [3.05, 3.63) is 52.3 Å². The molecule has 0 saturated carbocycles. The molecule has 2 N–H and O–H groups in total. The van der Waals surface area contributed by atoms with Gasteiger partial charge in [-0.2, -0.15) is 5.10 Å². The number of aromatic hydroxyl groups is 2. The van der Waals surface area contributed by atoms with Crippen LogP contribution in [0.4, 0.5) is 0 Å². The van der Waals surface area contributed by atoms with E-state index < -0.39 is 0 Å². The molecule has 2 heterocycles. The molecule has 7 heteroatoms. The smallest absolute Gasteiger partial charge is 0.206 e. The number of furan rings is 1. The van der Waals surface area contributed by atoms with Crippen LogP contribution in [-0.4, -0.2) is 27.1 Å². The van der Waals surface area contributed by atoms with E-state index in [4.69, 9.17) is 4.42 Å². The van der Waals surface area contributed by atoms with Crippen LogP contribution in [-0.2, 0) is 0 Å². The summed E-state index contributed by atoms with van der Waals surface area (Å²) in [4.78, 5) is 5.27. The number of rotatable bonds is 4. The summed E-state index contributed by atoms with van der Waals surface area (Å²) in [5.74, 6) is 0.278. The summed E-state index contributed by atoms with van der Waals surface area (Å²) in [6.45, 7) is 3.98. The lowest BCUT2D eigenvalue weighted by Gasteiger charge is -2.03. The highest BCUT2D eigenvalue weighted by Crippen LogP contribution is 2.27. The summed E-state index contributed by atoms with van der Waals surface area (Å²) < 4.78 is 7.11. The molecule has 0 atom stereocenters. The van der Waals surface area contributed by atoms with Gasteiger partial charge in [-0.1, -0.05) is 6.07 Å². The summed E-state index contributed by atoms with van der Waals surface area (Å²) in [6, 6.07) is 8.49. The van der Waals surface area contributed by atoms with Gasteiger partial charge in [0.2, 0.25) is 4.80 Å². The first-order valence-electron chi connectivity index (χ1n) is 7.40. The van der Waals surface area contributed by atoms with E-state index in [-0.39, 0.29) is 17.5 Å². The zero-order valence-electron chi connectivity index (χ0n) is 13.2. The molecule has 2 aromatic heterocycles. The Labute approximate surface area is 142 Å². The second-order valence-electron chi connectivity index (χ2n) is 5.38. The van der Waals surface area contributed by atoms with Gasteiger partial charge in [0.1, 0.15) is 5.69 Å². The van der Waals surface area contributed by atoms with Gasteiger partial charge in [-0.3, -0.25) is 4.99 Å². The first kappa shape index (κ1) is 16.1. The maximum Gasteiger partial charge on any atom is 0.206 e. The second kappa shape index (κ2) is 6.76. The molecule has 0 bridgehead atoms. The SMILES string of the molecule is CC(C)N=c1scc(-c2ccco2)n1N=Cc1cccc(O)c1O. The van der Waals surface area contributed by atoms with Crippen LogP contribution < -0.4 is 4.80 Å². The predicted octanol–water partition coefficient (Wildman–Crippen LogP) is 3.41. The van der Waals surface area contributed by atoms with E-state index in [2.05, 4.69) is 10.1 Å². The van der Waals surface area contributed by atoms with E-state index in [0.29, 0.717) is 16.1 Å². The van der Waals surface area contributed by atoms with Crippen molar-refractivity contribution < 1.29 is 14.6 Å². The largest absolute Gasteiger partial charge is 0.504 e. The van der Waals surface area contributed by atoms with Crippen molar-refractivity contribution in [1.29, 1.82) is 0 Å². The van der Waals surface area contributed by atoms with Crippen molar-refractivity contribution in [3.8, 4) is 23.0 Å². The summed E-state index contributed by atoms with van der Waals surface area (Å²) in [6.07, 6.45) is 3.08. The van der Waals surface area contributed by atoms with Gasteiger partial charge in [0, 0.05) is 17.0 Å². The minimum absolute atomic E-state index is 0.115. The third kappa shape index (κ3) is 3.26. The van der Waals surface area contributed by atoms with Crippen molar-refractivity contribution in [2.24, 2.45) is 10.1 Å². The number of para-hydroxylation sites is 1. The molecule has 3 aromatic rings. The first-order valence-corrected chi connectivity index (χ1v) is 8.28. The second-order valence-corrected chi connectivity index (χ2v) is 6.21. The van der Waals surface area contributed by atoms with E-state index in [0.717, 1.165) is 5.69 Å². The Kier molecular flexibility index (Phi) is 4.52. The fraction of sp³-hybridized carbons (Fsp3) is 0.176. The Morgan fingerprint density at radius 2 is 2.04 bits per heavy atom. The van der Waals surface area contributed by atoms with E-state index >= 15 is 0 Å². The molecule has 124 valence electrons. The van der Waals surface area contributed by atoms with Crippen LogP contribution in [0.3, 0.4) is 0 Å². The third-order valence-electron chi connectivity index (χ3n) is 3.19. The Balaban J connectivity index is 2.10. The lowest BCUT2D eigenvalue weighted by Crippen LogP contribution is -2.14. The lowest BCUT2D eigenvalue weighted by molar-refractivity contribution is 0.403. The van der Waals surface area contributed by atoms with Gasteiger partial charge in [-0.15, -0.1) is 11.3 Å². The topological polar surface area (TPSA) is 83.2 Å². The van der Waals surface area contributed by atoms with Crippen LogP contribution in [0.2, 0.25) is 0 Å². The first-order chi connectivity index (χ1) is 11.6. The van der Waals surface area contributed by atoms with Crippen LogP contribution in [0.25, 0.3) is 11.5 Å². The molecule has 0 aliphatic carbocycles. The molecule has 0 unspecified atom stereocenters. The number of phenols is 2. The predicted molar refractivity (Wildman–Crippen MR) is 93.5 cm³/mol. The normalized spacial score (nSPS) is 12.5. The quantitative estimate of drug-likeness (QED) is 0.562. The van der Waals surface area contributed by atoms with Gasteiger partial charge in [0.15, 0.2) is 17.3 Å². The van der Waals surface area contributed by atoms with E-state index in [1.807, 2.05) is 25.3 Å². The molecule has 24 heavy (non-hydrogen) atoms. The van der Waals surface area contributed by atoms with E-state index in [9.17, 15) is 10.2 Å². The number of nitrogens with zero attached hydrogens (tertiary/aromatic N) is 3. The van der Waals surface area contributed by atoms with Gasteiger partial charge in [-0.25, -0.2) is 4.68 Å². The summed E-state index contributed by atoms with van der Waals surface area (Å²) in [5, 5.41) is 25.8. The van der Waals surface area contributed by atoms with Crippen LogP contribution in [0.5, 0.6) is 11.5 Å². The van der Waals surface area contributed by atoms with Crippen LogP contribution in [0, 0.1) is 0 Å². The molecular weight excluding hydrogens is 326 g/mol. The molecule has 3 rings (SSSR count). The number of thiazole rings is 1. The molecule has 0 aliphatic heterocycles. The number of phenolic OH excluding ortho intramolecular Hbond substituents is 2. The van der Waals surface area contributed by atoms with Gasteiger partial charge < -0.3 is 14.6 Å².